The average molecular weight is 234 g/mol. The molecule has 1 amide bonds. The fraction of sp³-hybridized carbons (Fsp3) is 0.308. The van der Waals surface area contributed by atoms with Crippen molar-refractivity contribution in [1.82, 2.24) is 4.90 Å². The normalized spacial score (nSPS) is 15.6. The fourth-order valence-corrected chi connectivity index (χ4v) is 2.00. The minimum Gasteiger partial charge on any atom is -0.399 e. The molecule has 1 heterocycles. The Morgan fingerprint density at radius 2 is 2.18 bits per heavy atom. The molecule has 1 aromatic rings. The zero-order valence-corrected chi connectivity index (χ0v) is 9.74. The molecule has 0 saturated heterocycles. The highest BCUT2D eigenvalue weighted by molar-refractivity contribution is 5.95. The van der Waals surface area contributed by atoms with Gasteiger partial charge in [-0.1, -0.05) is 11.6 Å². The molecule has 17 heavy (non-hydrogen) atoms. The molecule has 0 spiro atoms. The van der Waals surface area contributed by atoms with Crippen LogP contribution in [0.15, 0.2) is 29.8 Å². The number of carbonyl (C=O) groups is 1. The molecule has 0 atom stereocenters. The Bertz CT molecular complexity index is 462. The Labute approximate surface area is 99.7 Å². The summed E-state index contributed by atoms with van der Waals surface area (Å²) in [5, 5.41) is 0. The van der Waals surface area contributed by atoms with Gasteiger partial charge in [-0.2, -0.15) is 0 Å². The summed E-state index contributed by atoms with van der Waals surface area (Å²) in [4.78, 5) is 13.8. The van der Waals surface area contributed by atoms with E-state index in [-0.39, 0.29) is 11.6 Å². The molecule has 2 N–H and O–H groups in total. The van der Waals surface area contributed by atoms with Crippen molar-refractivity contribution in [3.05, 3.63) is 41.2 Å². The number of hydrogen-bond donors (Lipinski definition) is 1. The van der Waals surface area contributed by atoms with Gasteiger partial charge in [-0.3, -0.25) is 4.79 Å². The van der Waals surface area contributed by atoms with Crippen LogP contribution in [0, 0.1) is 5.82 Å². The first kappa shape index (κ1) is 11.6. The molecule has 1 aromatic carbocycles. The molecule has 1 aliphatic rings. The van der Waals surface area contributed by atoms with E-state index in [4.69, 9.17) is 5.73 Å². The molecule has 0 fully saturated rings. The summed E-state index contributed by atoms with van der Waals surface area (Å²) in [6, 6.07) is 3.95. The van der Waals surface area contributed by atoms with Gasteiger partial charge < -0.3 is 10.6 Å². The maximum atomic E-state index is 13.2. The van der Waals surface area contributed by atoms with Gasteiger partial charge in [0.05, 0.1) is 0 Å². The third-order valence-electron chi connectivity index (χ3n) is 2.79. The Morgan fingerprint density at radius 3 is 2.82 bits per heavy atom. The van der Waals surface area contributed by atoms with Crippen LogP contribution < -0.4 is 5.73 Å². The van der Waals surface area contributed by atoms with Crippen LogP contribution in [0.25, 0.3) is 0 Å². The maximum Gasteiger partial charge on any atom is 0.254 e. The van der Waals surface area contributed by atoms with Crippen molar-refractivity contribution in [3.8, 4) is 0 Å². The third-order valence-corrected chi connectivity index (χ3v) is 2.79. The molecule has 1 aliphatic heterocycles. The quantitative estimate of drug-likeness (QED) is 0.598. The average Bonchev–Trinajstić information content (AvgIpc) is 2.26. The molecule has 0 bridgehead atoms. The van der Waals surface area contributed by atoms with Crippen LogP contribution in [0.3, 0.4) is 0 Å². The van der Waals surface area contributed by atoms with Gasteiger partial charge in [-0.05, 0) is 31.5 Å². The minimum atomic E-state index is -0.474. The van der Waals surface area contributed by atoms with Crippen molar-refractivity contribution < 1.29 is 9.18 Å². The topological polar surface area (TPSA) is 46.3 Å². The predicted molar refractivity (Wildman–Crippen MR) is 65.1 cm³/mol. The van der Waals surface area contributed by atoms with E-state index in [0.717, 1.165) is 12.0 Å². The van der Waals surface area contributed by atoms with Crippen molar-refractivity contribution >= 4 is 11.6 Å². The summed E-state index contributed by atoms with van der Waals surface area (Å²) in [6.07, 6.45) is 2.96. The summed E-state index contributed by atoms with van der Waals surface area (Å²) >= 11 is 0. The number of nitrogens with two attached hydrogens (primary N) is 1. The van der Waals surface area contributed by atoms with E-state index in [9.17, 15) is 9.18 Å². The number of anilines is 1. The van der Waals surface area contributed by atoms with E-state index in [1.54, 1.807) is 4.90 Å². The third kappa shape index (κ3) is 2.64. The van der Waals surface area contributed by atoms with E-state index in [1.807, 2.05) is 6.92 Å². The summed E-state index contributed by atoms with van der Waals surface area (Å²) in [7, 11) is 0. The number of halogens is 1. The molecule has 0 saturated carbocycles. The second-order valence-electron chi connectivity index (χ2n) is 4.34. The molecule has 90 valence electrons. The van der Waals surface area contributed by atoms with Gasteiger partial charge in [0.1, 0.15) is 5.82 Å². The van der Waals surface area contributed by atoms with Crippen LogP contribution in [0.4, 0.5) is 10.1 Å². The van der Waals surface area contributed by atoms with Crippen molar-refractivity contribution in [1.29, 1.82) is 0 Å². The van der Waals surface area contributed by atoms with Crippen molar-refractivity contribution in [2.75, 3.05) is 18.8 Å². The predicted octanol–water partition coefficient (Wildman–Crippen LogP) is 2.20. The molecule has 0 radical (unpaired) electrons. The molecule has 3 nitrogen and oxygen atoms in total. The van der Waals surface area contributed by atoms with E-state index in [1.165, 1.54) is 18.2 Å². The number of rotatable bonds is 1. The summed E-state index contributed by atoms with van der Waals surface area (Å²) in [6.45, 7) is 3.27. The Kier molecular flexibility index (Phi) is 3.13. The molecule has 0 aromatic heterocycles. The lowest BCUT2D eigenvalue weighted by Gasteiger charge is -2.26. The van der Waals surface area contributed by atoms with Gasteiger partial charge >= 0.3 is 0 Å². The highest BCUT2D eigenvalue weighted by atomic mass is 19.1. The summed E-state index contributed by atoms with van der Waals surface area (Å²) in [5.74, 6) is -0.638. The number of nitrogen functional groups attached to an aromatic ring is 1. The lowest BCUT2D eigenvalue weighted by molar-refractivity contribution is 0.0765. The van der Waals surface area contributed by atoms with Crippen LogP contribution in [0.2, 0.25) is 0 Å². The van der Waals surface area contributed by atoms with Crippen LogP contribution in [0.5, 0.6) is 0 Å². The van der Waals surface area contributed by atoms with Crippen LogP contribution in [-0.2, 0) is 0 Å². The molecular formula is C13H15FN2O. The van der Waals surface area contributed by atoms with Crippen LogP contribution in [0.1, 0.15) is 23.7 Å². The lowest BCUT2D eigenvalue weighted by Crippen LogP contribution is -2.35. The van der Waals surface area contributed by atoms with E-state index >= 15 is 0 Å². The number of benzene rings is 1. The number of amides is 1. The smallest absolute Gasteiger partial charge is 0.254 e. The highest BCUT2D eigenvalue weighted by Gasteiger charge is 2.18. The number of carbonyl (C=O) groups excluding carboxylic acids is 1. The van der Waals surface area contributed by atoms with E-state index in [2.05, 4.69) is 6.08 Å². The van der Waals surface area contributed by atoms with E-state index < -0.39 is 5.82 Å². The lowest BCUT2D eigenvalue weighted by atomic mass is 10.1. The number of nitrogens with zero attached hydrogens (tertiary/aromatic N) is 1. The first-order valence-electron chi connectivity index (χ1n) is 5.57. The molecule has 2 rings (SSSR count). The molecule has 0 aliphatic carbocycles. The standard InChI is InChI=1S/C13H15FN2O/c1-9-3-2-4-16(8-9)13(17)10-5-11(14)7-12(15)6-10/h3,5-7H,2,4,8,15H2,1H3. The van der Waals surface area contributed by atoms with Gasteiger partial charge in [-0.25, -0.2) is 4.39 Å². The highest BCUT2D eigenvalue weighted by Crippen LogP contribution is 2.16. The molecule has 4 heteroatoms. The minimum absolute atomic E-state index is 0.163. The van der Waals surface area contributed by atoms with E-state index in [0.29, 0.717) is 18.7 Å². The summed E-state index contributed by atoms with van der Waals surface area (Å²) < 4.78 is 13.2. The molecular weight excluding hydrogens is 219 g/mol. The zero-order valence-electron chi connectivity index (χ0n) is 9.74. The largest absolute Gasteiger partial charge is 0.399 e. The second kappa shape index (κ2) is 4.57. The van der Waals surface area contributed by atoms with Crippen LogP contribution in [-0.4, -0.2) is 23.9 Å². The van der Waals surface area contributed by atoms with Crippen molar-refractivity contribution in [3.63, 3.8) is 0 Å². The second-order valence-corrected chi connectivity index (χ2v) is 4.34. The van der Waals surface area contributed by atoms with Gasteiger partial charge in [0.15, 0.2) is 0 Å². The first-order valence-corrected chi connectivity index (χ1v) is 5.57. The van der Waals surface area contributed by atoms with Gasteiger partial charge in [-0.15, -0.1) is 0 Å². The monoisotopic (exact) mass is 234 g/mol. The first-order chi connectivity index (χ1) is 8.06. The van der Waals surface area contributed by atoms with Gasteiger partial charge in [0.25, 0.3) is 5.91 Å². The van der Waals surface area contributed by atoms with Gasteiger partial charge in [0.2, 0.25) is 0 Å². The maximum absolute atomic E-state index is 13.2. The van der Waals surface area contributed by atoms with Gasteiger partial charge in [0, 0.05) is 24.3 Å². The molecule has 0 unspecified atom stereocenters. The Hall–Kier alpha value is -1.84. The Morgan fingerprint density at radius 1 is 1.41 bits per heavy atom. The van der Waals surface area contributed by atoms with Crippen LogP contribution >= 0.6 is 0 Å². The van der Waals surface area contributed by atoms with Crippen molar-refractivity contribution in [2.45, 2.75) is 13.3 Å². The zero-order chi connectivity index (χ0) is 12.4. The van der Waals surface area contributed by atoms with Crippen molar-refractivity contribution in [2.24, 2.45) is 0 Å². The summed E-state index contributed by atoms with van der Waals surface area (Å²) in [5.41, 5.74) is 7.29. The SMILES string of the molecule is CC1=CCCN(C(=O)c2cc(N)cc(F)c2)C1. The number of hydrogen-bond acceptors (Lipinski definition) is 2. The fourth-order valence-electron chi connectivity index (χ4n) is 2.00. The Balaban J connectivity index is 2.22.